The second kappa shape index (κ2) is 7.33. The van der Waals surface area contributed by atoms with Crippen LogP contribution in [0.25, 0.3) is 10.6 Å². The maximum absolute atomic E-state index is 12.1. The molecule has 7 heteroatoms. The van der Waals surface area contributed by atoms with Crippen LogP contribution in [0, 0.1) is 0 Å². The first-order valence-electron chi connectivity index (χ1n) is 6.84. The van der Waals surface area contributed by atoms with Gasteiger partial charge in [0.15, 0.2) is 5.69 Å². The van der Waals surface area contributed by atoms with Crippen LogP contribution in [0.4, 0.5) is 0 Å². The quantitative estimate of drug-likeness (QED) is 0.736. The Balaban J connectivity index is 2.39. The van der Waals surface area contributed by atoms with E-state index in [1.165, 1.54) is 0 Å². The molecule has 0 saturated carbocycles. The number of aromatic nitrogens is 3. The molecule has 2 rings (SSSR count). The fraction of sp³-hybridized carbons (Fsp3) is 0.500. The van der Waals surface area contributed by atoms with E-state index in [0.29, 0.717) is 18.9 Å². The standard InChI is InChI=1S/C14H19N3O3S/c1-4-20-14(18)12-13(11-6-5-9-21-11)17(16-15-12)10(2)7-8-19-3/h5-6,9-10H,4,7-8H2,1-3H3. The molecular weight excluding hydrogens is 290 g/mol. The highest BCUT2D eigenvalue weighted by Crippen LogP contribution is 2.30. The summed E-state index contributed by atoms with van der Waals surface area (Å²) < 4.78 is 11.9. The van der Waals surface area contributed by atoms with Crippen molar-refractivity contribution in [3.8, 4) is 10.6 Å². The molecule has 2 heterocycles. The third-order valence-corrected chi connectivity index (χ3v) is 3.95. The van der Waals surface area contributed by atoms with Gasteiger partial charge in [-0.3, -0.25) is 0 Å². The van der Waals surface area contributed by atoms with Crippen LogP contribution in [0.15, 0.2) is 17.5 Å². The third-order valence-electron chi connectivity index (χ3n) is 3.08. The number of hydrogen-bond acceptors (Lipinski definition) is 6. The van der Waals surface area contributed by atoms with Crippen molar-refractivity contribution in [3.05, 3.63) is 23.2 Å². The van der Waals surface area contributed by atoms with E-state index < -0.39 is 5.97 Å². The summed E-state index contributed by atoms with van der Waals surface area (Å²) in [6.07, 6.45) is 0.792. The minimum Gasteiger partial charge on any atom is -0.461 e. The van der Waals surface area contributed by atoms with Gasteiger partial charge in [-0.05, 0) is 31.7 Å². The van der Waals surface area contributed by atoms with Gasteiger partial charge in [0, 0.05) is 13.7 Å². The van der Waals surface area contributed by atoms with Crippen LogP contribution >= 0.6 is 11.3 Å². The van der Waals surface area contributed by atoms with E-state index in [1.54, 1.807) is 30.1 Å². The van der Waals surface area contributed by atoms with Crippen LogP contribution in [0.1, 0.15) is 36.8 Å². The fourth-order valence-corrected chi connectivity index (χ4v) is 2.76. The highest BCUT2D eigenvalue weighted by molar-refractivity contribution is 7.13. The number of rotatable bonds is 7. The van der Waals surface area contributed by atoms with Gasteiger partial charge in [0.25, 0.3) is 0 Å². The Morgan fingerprint density at radius 3 is 2.95 bits per heavy atom. The van der Waals surface area contributed by atoms with Gasteiger partial charge >= 0.3 is 5.97 Å². The molecule has 21 heavy (non-hydrogen) atoms. The lowest BCUT2D eigenvalue weighted by Crippen LogP contribution is -2.12. The second-order valence-corrected chi connectivity index (χ2v) is 5.51. The summed E-state index contributed by atoms with van der Waals surface area (Å²) in [5.74, 6) is -0.439. The number of thiophene rings is 1. The third kappa shape index (κ3) is 3.48. The van der Waals surface area contributed by atoms with E-state index in [0.717, 1.165) is 11.3 Å². The molecule has 0 aromatic carbocycles. The summed E-state index contributed by atoms with van der Waals surface area (Å²) in [6.45, 7) is 4.74. The van der Waals surface area contributed by atoms with Crippen LogP contribution in [0.3, 0.4) is 0 Å². The molecule has 0 bridgehead atoms. The number of nitrogens with zero attached hydrogens (tertiary/aromatic N) is 3. The number of carbonyl (C=O) groups is 1. The highest BCUT2D eigenvalue weighted by Gasteiger charge is 2.25. The van der Waals surface area contributed by atoms with Crippen molar-refractivity contribution in [2.24, 2.45) is 0 Å². The van der Waals surface area contributed by atoms with Crippen molar-refractivity contribution >= 4 is 17.3 Å². The SMILES string of the molecule is CCOC(=O)c1nnn(C(C)CCOC)c1-c1cccs1. The number of ether oxygens (including phenoxy) is 2. The average Bonchev–Trinajstić information content (AvgIpc) is 3.12. The summed E-state index contributed by atoms with van der Waals surface area (Å²) in [5, 5.41) is 10.1. The Morgan fingerprint density at radius 2 is 2.33 bits per heavy atom. The number of carbonyl (C=O) groups excluding carboxylic acids is 1. The molecule has 0 N–H and O–H groups in total. The van der Waals surface area contributed by atoms with Gasteiger partial charge in [0.05, 0.1) is 17.5 Å². The largest absolute Gasteiger partial charge is 0.461 e. The molecular formula is C14H19N3O3S. The van der Waals surface area contributed by atoms with Crippen LogP contribution in [-0.2, 0) is 9.47 Å². The maximum Gasteiger partial charge on any atom is 0.361 e. The molecule has 0 fully saturated rings. The van der Waals surface area contributed by atoms with Crippen molar-refractivity contribution in [2.75, 3.05) is 20.3 Å². The molecule has 2 aromatic rings. The zero-order chi connectivity index (χ0) is 15.2. The van der Waals surface area contributed by atoms with E-state index in [4.69, 9.17) is 9.47 Å². The normalized spacial score (nSPS) is 12.3. The summed E-state index contributed by atoms with van der Waals surface area (Å²) in [5.41, 5.74) is 0.982. The van der Waals surface area contributed by atoms with E-state index in [2.05, 4.69) is 10.3 Å². The lowest BCUT2D eigenvalue weighted by molar-refractivity contribution is 0.0520. The Kier molecular flexibility index (Phi) is 5.46. The Hall–Kier alpha value is -1.73. The lowest BCUT2D eigenvalue weighted by Gasteiger charge is -2.14. The fourth-order valence-electron chi connectivity index (χ4n) is 1.99. The Morgan fingerprint density at radius 1 is 1.52 bits per heavy atom. The van der Waals surface area contributed by atoms with E-state index in [-0.39, 0.29) is 11.7 Å². The summed E-state index contributed by atoms with van der Waals surface area (Å²) in [7, 11) is 1.66. The number of hydrogen-bond donors (Lipinski definition) is 0. The van der Waals surface area contributed by atoms with Gasteiger partial charge < -0.3 is 9.47 Å². The van der Waals surface area contributed by atoms with Crippen LogP contribution in [0.5, 0.6) is 0 Å². The van der Waals surface area contributed by atoms with E-state index in [9.17, 15) is 4.79 Å². The molecule has 1 atom stereocenters. The van der Waals surface area contributed by atoms with Gasteiger partial charge in [-0.15, -0.1) is 16.4 Å². The molecule has 114 valence electrons. The monoisotopic (exact) mass is 309 g/mol. The Bertz CT molecular complexity index is 580. The van der Waals surface area contributed by atoms with Crippen molar-refractivity contribution in [1.29, 1.82) is 0 Å². The smallest absolute Gasteiger partial charge is 0.361 e. The van der Waals surface area contributed by atoms with Gasteiger partial charge in [0.2, 0.25) is 0 Å². The minimum absolute atomic E-state index is 0.0812. The molecule has 0 radical (unpaired) electrons. The minimum atomic E-state index is -0.439. The molecule has 2 aromatic heterocycles. The first-order chi connectivity index (χ1) is 10.2. The molecule has 1 unspecified atom stereocenters. The summed E-state index contributed by atoms with van der Waals surface area (Å²) >= 11 is 1.55. The molecule has 0 saturated heterocycles. The molecule has 6 nitrogen and oxygen atoms in total. The number of methoxy groups -OCH3 is 1. The first kappa shape index (κ1) is 15.7. The zero-order valence-electron chi connectivity index (χ0n) is 12.4. The Labute approximate surface area is 127 Å². The van der Waals surface area contributed by atoms with Gasteiger partial charge in [-0.25, -0.2) is 9.48 Å². The van der Waals surface area contributed by atoms with Crippen LogP contribution in [-0.4, -0.2) is 41.3 Å². The van der Waals surface area contributed by atoms with Gasteiger partial charge in [-0.1, -0.05) is 11.3 Å². The molecule has 0 aliphatic rings. The first-order valence-corrected chi connectivity index (χ1v) is 7.72. The van der Waals surface area contributed by atoms with E-state index >= 15 is 0 Å². The number of esters is 1. The predicted octanol–water partition coefficient (Wildman–Crippen LogP) is 2.78. The maximum atomic E-state index is 12.1. The second-order valence-electron chi connectivity index (χ2n) is 4.56. The predicted molar refractivity (Wildman–Crippen MR) is 80.5 cm³/mol. The van der Waals surface area contributed by atoms with Crippen molar-refractivity contribution in [2.45, 2.75) is 26.3 Å². The van der Waals surface area contributed by atoms with Crippen LogP contribution < -0.4 is 0 Å². The molecule has 0 aliphatic heterocycles. The summed E-state index contributed by atoms with van der Waals surface area (Å²) in [6, 6.07) is 3.97. The average molecular weight is 309 g/mol. The topological polar surface area (TPSA) is 66.2 Å². The molecule has 0 amide bonds. The van der Waals surface area contributed by atoms with Crippen molar-refractivity contribution in [1.82, 2.24) is 15.0 Å². The molecule has 0 spiro atoms. The summed E-state index contributed by atoms with van der Waals surface area (Å²) in [4.78, 5) is 13.0. The van der Waals surface area contributed by atoms with E-state index in [1.807, 2.05) is 24.4 Å². The van der Waals surface area contributed by atoms with Crippen LogP contribution in [0.2, 0.25) is 0 Å². The van der Waals surface area contributed by atoms with Gasteiger partial charge in [0.1, 0.15) is 5.69 Å². The highest BCUT2D eigenvalue weighted by atomic mass is 32.1. The molecule has 0 aliphatic carbocycles. The van der Waals surface area contributed by atoms with Crippen molar-refractivity contribution < 1.29 is 14.3 Å². The lowest BCUT2D eigenvalue weighted by atomic mass is 10.2. The van der Waals surface area contributed by atoms with Crippen molar-refractivity contribution in [3.63, 3.8) is 0 Å². The van der Waals surface area contributed by atoms with Gasteiger partial charge in [-0.2, -0.15) is 0 Å². The zero-order valence-corrected chi connectivity index (χ0v) is 13.2.